The summed E-state index contributed by atoms with van der Waals surface area (Å²) in [5.74, 6) is 2.74. The molecule has 0 aliphatic heterocycles. The minimum Gasteiger partial charge on any atom is -0.112 e. The number of hydrogen-bond donors (Lipinski definition) is 0. The smallest absolute Gasteiger partial charge is 0.112 e. The van der Waals surface area contributed by atoms with Crippen LogP contribution in [0.5, 0.6) is 0 Å². The molecule has 0 aliphatic carbocycles. The summed E-state index contributed by atoms with van der Waals surface area (Å²) >= 11 is 1.97. The molecule has 0 heterocycles. The molecule has 0 aromatic carbocycles. The Morgan fingerprint density at radius 1 is 1.25 bits per heavy atom. The van der Waals surface area contributed by atoms with Crippen molar-refractivity contribution < 1.29 is 0 Å². The zero-order valence-corrected chi connectivity index (χ0v) is 7.57. The molecule has 0 aromatic heterocycles. The maximum absolute atomic E-state index is 2.28. The van der Waals surface area contributed by atoms with Crippen molar-refractivity contribution in [2.24, 2.45) is 0 Å². The van der Waals surface area contributed by atoms with E-state index in [2.05, 4.69) is 20.1 Å². The number of hydrogen-bond acceptors (Lipinski definition) is 1. The van der Waals surface area contributed by atoms with Crippen molar-refractivity contribution in [1.29, 1.82) is 0 Å². The van der Waals surface area contributed by atoms with Crippen molar-refractivity contribution in [3.05, 3.63) is 0 Å². The van der Waals surface area contributed by atoms with Crippen LogP contribution in [0.2, 0.25) is 0 Å². The summed E-state index contributed by atoms with van der Waals surface area (Å²) in [4.78, 5) is 0. The predicted octanol–water partition coefficient (Wildman–Crippen LogP) is 1.97. The van der Waals surface area contributed by atoms with Gasteiger partial charge in [0.2, 0.25) is 0 Å². The van der Waals surface area contributed by atoms with Crippen LogP contribution in [-0.4, -0.2) is 22.8 Å². The van der Waals surface area contributed by atoms with Crippen molar-refractivity contribution >= 4 is 22.7 Å². The first kappa shape index (κ1) is 8.70. The molecule has 2 heteroatoms. The Hall–Kier alpha value is 0.700. The maximum Gasteiger partial charge on any atom is 0.153 e. The summed E-state index contributed by atoms with van der Waals surface area (Å²) in [6.45, 7) is 4.56. The lowest BCUT2D eigenvalue weighted by atomic mass is 11.0. The van der Waals surface area contributed by atoms with Crippen LogP contribution in [0.3, 0.4) is 0 Å². The van der Waals surface area contributed by atoms with Crippen LogP contribution in [0.15, 0.2) is 0 Å². The Balaban J connectivity index is 3.07. The Bertz CT molecular complexity index is 41.8. The molecule has 0 atom stereocenters. The first-order valence-electron chi connectivity index (χ1n) is 2.98. The third-order valence-electron chi connectivity index (χ3n) is 1.10. The second-order valence-electron chi connectivity index (χ2n) is 1.60. The lowest BCUT2D eigenvalue weighted by Crippen LogP contribution is -2.09. The Morgan fingerprint density at radius 3 is 1.88 bits per heavy atom. The highest BCUT2D eigenvalue weighted by atomic mass is 32.2. The van der Waals surface area contributed by atoms with Crippen LogP contribution in [0.25, 0.3) is 0 Å². The second kappa shape index (κ2) is 5.83. The molecule has 0 aromatic rings. The molecule has 0 amide bonds. The van der Waals surface area contributed by atoms with Gasteiger partial charge in [0.05, 0.1) is 0 Å². The predicted molar refractivity (Wildman–Crippen MR) is 46.8 cm³/mol. The summed E-state index contributed by atoms with van der Waals surface area (Å²) in [7, 11) is 0.725. The third kappa shape index (κ3) is 3.67. The van der Waals surface area contributed by atoms with Crippen molar-refractivity contribution in [2.75, 3.05) is 22.8 Å². The number of thioether (sulfide) groups is 1. The quantitative estimate of drug-likeness (QED) is 0.554. The van der Waals surface area contributed by atoms with Gasteiger partial charge in [0.1, 0.15) is 11.5 Å². The summed E-state index contributed by atoms with van der Waals surface area (Å²) in [5.41, 5.74) is 0. The van der Waals surface area contributed by atoms with Crippen LogP contribution >= 0.6 is 11.8 Å². The van der Waals surface area contributed by atoms with Crippen LogP contribution < -0.4 is 0 Å². The second-order valence-corrected chi connectivity index (χ2v) is 5.50. The van der Waals surface area contributed by atoms with Crippen LogP contribution in [-0.2, 0) is 10.9 Å². The minimum atomic E-state index is 0.725. The zero-order chi connectivity index (χ0) is 6.41. The minimum absolute atomic E-state index is 0.725. The van der Waals surface area contributed by atoms with Crippen molar-refractivity contribution in [3.8, 4) is 0 Å². The van der Waals surface area contributed by atoms with E-state index in [9.17, 15) is 0 Å². The third-order valence-corrected chi connectivity index (χ3v) is 5.01. The van der Waals surface area contributed by atoms with E-state index in [-0.39, 0.29) is 0 Å². The van der Waals surface area contributed by atoms with E-state index >= 15 is 0 Å². The van der Waals surface area contributed by atoms with Gasteiger partial charge in [-0.25, -0.2) is 0 Å². The molecule has 0 radical (unpaired) electrons. The lowest BCUT2D eigenvalue weighted by molar-refractivity contribution is 1.43. The monoisotopic (exact) mass is 151 g/mol. The van der Waals surface area contributed by atoms with Gasteiger partial charge in [-0.3, -0.25) is 0 Å². The summed E-state index contributed by atoms with van der Waals surface area (Å²) in [6.07, 6.45) is 2.19. The van der Waals surface area contributed by atoms with Gasteiger partial charge >= 0.3 is 0 Å². The van der Waals surface area contributed by atoms with Crippen LogP contribution in [0.4, 0.5) is 0 Å². The van der Waals surface area contributed by atoms with Crippen molar-refractivity contribution in [2.45, 2.75) is 13.8 Å². The van der Waals surface area contributed by atoms with Crippen LogP contribution in [0, 0.1) is 0 Å². The summed E-state index contributed by atoms with van der Waals surface area (Å²) in [6, 6.07) is 0. The van der Waals surface area contributed by atoms with E-state index < -0.39 is 0 Å². The maximum atomic E-state index is 2.28. The molecule has 8 heavy (non-hydrogen) atoms. The van der Waals surface area contributed by atoms with Crippen LogP contribution in [0.1, 0.15) is 13.8 Å². The van der Waals surface area contributed by atoms with E-state index in [1.165, 1.54) is 16.6 Å². The molecular weight excluding hydrogens is 136 g/mol. The highest BCUT2D eigenvalue weighted by Crippen LogP contribution is 2.03. The normalized spacial score (nSPS) is 10.5. The van der Waals surface area contributed by atoms with Gasteiger partial charge in [-0.2, -0.15) is 0 Å². The van der Waals surface area contributed by atoms with E-state index in [0.717, 1.165) is 10.9 Å². The van der Waals surface area contributed by atoms with Gasteiger partial charge in [-0.15, -0.1) is 11.8 Å². The van der Waals surface area contributed by atoms with Gasteiger partial charge in [-0.05, 0) is 31.0 Å². The fourth-order valence-corrected chi connectivity index (χ4v) is 3.61. The van der Waals surface area contributed by atoms with Gasteiger partial charge < -0.3 is 0 Å². The first-order valence-corrected chi connectivity index (χ1v) is 6.10. The zero-order valence-electron chi connectivity index (χ0n) is 5.94. The molecule has 0 bridgehead atoms. The Morgan fingerprint density at radius 2 is 1.75 bits per heavy atom. The largest absolute Gasteiger partial charge is 0.153 e. The molecule has 0 unspecified atom stereocenters. The molecule has 0 aliphatic rings. The standard InChI is InChI=1S/C6H15S2/c1-4-8(5-2)6-7-3/h4-6H2,1-3H3/q+1. The molecule has 0 rings (SSSR count). The van der Waals surface area contributed by atoms with E-state index in [0.29, 0.717) is 0 Å². The fourth-order valence-electron chi connectivity index (χ4n) is 0.537. The molecule has 0 spiro atoms. The average molecular weight is 151 g/mol. The van der Waals surface area contributed by atoms with Gasteiger partial charge in [-0.1, -0.05) is 0 Å². The first-order chi connectivity index (χ1) is 3.85. The fraction of sp³-hybridized carbons (Fsp3) is 1.00. The van der Waals surface area contributed by atoms with Crippen molar-refractivity contribution in [1.82, 2.24) is 0 Å². The highest BCUT2D eigenvalue weighted by Gasteiger charge is 2.08. The van der Waals surface area contributed by atoms with E-state index in [4.69, 9.17) is 0 Å². The van der Waals surface area contributed by atoms with Crippen molar-refractivity contribution in [3.63, 3.8) is 0 Å². The Kier molecular flexibility index (Phi) is 6.34. The average Bonchev–Trinajstić information content (AvgIpc) is 1.83. The molecule has 50 valence electrons. The summed E-state index contributed by atoms with van der Waals surface area (Å²) < 4.78 is 0. The summed E-state index contributed by atoms with van der Waals surface area (Å²) in [5, 5.41) is 1.37. The molecule has 0 nitrogen and oxygen atoms in total. The molecular formula is C6H15S2+. The molecule has 0 N–H and O–H groups in total. The SMILES string of the molecule is CC[S+](CC)CSC. The highest BCUT2D eigenvalue weighted by molar-refractivity contribution is 8.14. The topological polar surface area (TPSA) is 0 Å². The van der Waals surface area contributed by atoms with E-state index in [1.807, 2.05) is 11.8 Å². The van der Waals surface area contributed by atoms with Gasteiger partial charge in [0.25, 0.3) is 0 Å². The molecule has 0 fully saturated rings. The van der Waals surface area contributed by atoms with E-state index in [1.54, 1.807) is 0 Å². The van der Waals surface area contributed by atoms with Gasteiger partial charge in [0.15, 0.2) is 5.08 Å². The lowest BCUT2D eigenvalue weighted by Gasteiger charge is -1.98. The molecule has 0 saturated carbocycles. The van der Waals surface area contributed by atoms with Gasteiger partial charge in [0, 0.05) is 0 Å². The number of rotatable bonds is 4. The Labute approximate surface area is 59.8 Å². The molecule has 0 saturated heterocycles.